The predicted octanol–water partition coefficient (Wildman–Crippen LogP) is 4.37. The third-order valence-corrected chi connectivity index (χ3v) is 5.03. The monoisotopic (exact) mass is 237 g/mol. The van der Waals surface area contributed by atoms with Crippen LogP contribution in [-0.2, 0) is 0 Å². The summed E-state index contributed by atoms with van der Waals surface area (Å²) in [5.41, 5.74) is 0. The Kier molecular flexibility index (Phi) is 5.34. The van der Waals surface area contributed by atoms with Gasteiger partial charge in [-0.05, 0) is 56.4 Å². The summed E-state index contributed by atoms with van der Waals surface area (Å²) in [6, 6.07) is 0.847. The normalized spacial score (nSPS) is 32.8. The zero-order chi connectivity index (χ0) is 12.1. The lowest BCUT2D eigenvalue weighted by molar-refractivity contribution is 0.205. The fourth-order valence-corrected chi connectivity index (χ4v) is 4.10. The summed E-state index contributed by atoms with van der Waals surface area (Å²) in [5.74, 6) is 2.96. The Balaban J connectivity index is 1.91. The minimum Gasteiger partial charge on any atom is -0.313 e. The van der Waals surface area contributed by atoms with Crippen molar-refractivity contribution in [3.8, 4) is 0 Å². The average molecular weight is 237 g/mol. The Bertz CT molecular complexity index is 203. The number of hydrogen-bond acceptors (Lipinski definition) is 1. The van der Waals surface area contributed by atoms with E-state index in [1.807, 2.05) is 0 Å². The zero-order valence-corrected chi connectivity index (χ0v) is 11.9. The van der Waals surface area contributed by atoms with Crippen molar-refractivity contribution in [2.45, 2.75) is 77.7 Å². The maximum Gasteiger partial charge on any atom is 0.0124 e. The molecule has 0 aromatic carbocycles. The van der Waals surface area contributed by atoms with Crippen LogP contribution in [0.5, 0.6) is 0 Å². The van der Waals surface area contributed by atoms with Crippen LogP contribution >= 0.6 is 0 Å². The first kappa shape index (κ1) is 13.4. The van der Waals surface area contributed by atoms with Crippen molar-refractivity contribution in [2.75, 3.05) is 6.54 Å². The molecule has 3 atom stereocenters. The Morgan fingerprint density at radius 2 is 1.76 bits per heavy atom. The fourth-order valence-electron chi connectivity index (χ4n) is 4.10. The molecule has 1 N–H and O–H groups in total. The van der Waals surface area contributed by atoms with Gasteiger partial charge in [-0.1, -0.05) is 39.5 Å². The maximum atomic E-state index is 3.90. The molecule has 0 spiro atoms. The molecule has 0 bridgehead atoms. The van der Waals surface area contributed by atoms with Gasteiger partial charge in [-0.2, -0.15) is 0 Å². The lowest BCUT2D eigenvalue weighted by Gasteiger charge is -2.35. The van der Waals surface area contributed by atoms with E-state index < -0.39 is 0 Å². The second-order valence-corrected chi connectivity index (χ2v) is 6.56. The molecule has 0 amide bonds. The molecule has 2 aliphatic carbocycles. The van der Waals surface area contributed by atoms with Crippen LogP contribution in [0.2, 0.25) is 0 Å². The van der Waals surface area contributed by atoms with Crippen molar-refractivity contribution >= 4 is 0 Å². The third-order valence-electron chi connectivity index (χ3n) is 5.03. The molecule has 1 nitrogen and oxygen atoms in total. The number of rotatable bonds is 5. The van der Waals surface area contributed by atoms with Crippen LogP contribution in [0.25, 0.3) is 0 Å². The lowest BCUT2D eigenvalue weighted by atomic mass is 9.78. The summed E-state index contributed by atoms with van der Waals surface area (Å²) in [5, 5.41) is 3.90. The SMILES string of the molecule is CCCNC(C1CCCCC1)C1CCC(C)C1. The van der Waals surface area contributed by atoms with Gasteiger partial charge in [0.2, 0.25) is 0 Å². The number of hydrogen-bond donors (Lipinski definition) is 1. The molecule has 0 aromatic heterocycles. The zero-order valence-electron chi connectivity index (χ0n) is 11.9. The van der Waals surface area contributed by atoms with Crippen LogP contribution in [0.3, 0.4) is 0 Å². The van der Waals surface area contributed by atoms with E-state index in [0.717, 1.165) is 23.8 Å². The van der Waals surface area contributed by atoms with Crippen molar-refractivity contribution in [1.82, 2.24) is 5.32 Å². The standard InChI is InChI=1S/C16H31N/c1-3-11-17-16(14-7-5-4-6-8-14)15-10-9-13(2)12-15/h13-17H,3-12H2,1-2H3. The highest BCUT2D eigenvalue weighted by Gasteiger charge is 2.33. The van der Waals surface area contributed by atoms with Crippen molar-refractivity contribution < 1.29 is 0 Å². The van der Waals surface area contributed by atoms with Crippen LogP contribution in [0.1, 0.15) is 71.6 Å². The molecule has 2 saturated carbocycles. The first-order chi connectivity index (χ1) is 8.31. The van der Waals surface area contributed by atoms with Gasteiger partial charge in [0.1, 0.15) is 0 Å². The summed E-state index contributed by atoms with van der Waals surface area (Å²) >= 11 is 0. The Morgan fingerprint density at radius 1 is 1.00 bits per heavy atom. The van der Waals surface area contributed by atoms with E-state index in [0.29, 0.717) is 0 Å². The largest absolute Gasteiger partial charge is 0.313 e. The van der Waals surface area contributed by atoms with Crippen molar-refractivity contribution in [3.05, 3.63) is 0 Å². The molecular weight excluding hydrogens is 206 g/mol. The molecular formula is C16H31N. The van der Waals surface area contributed by atoms with Crippen LogP contribution in [0.4, 0.5) is 0 Å². The van der Waals surface area contributed by atoms with Crippen molar-refractivity contribution in [2.24, 2.45) is 17.8 Å². The molecule has 0 saturated heterocycles. The lowest BCUT2D eigenvalue weighted by Crippen LogP contribution is -2.42. The van der Waals surface area contributed by atoms with E-state index in [-0.39, 0.29) is 0 Å². The van der Waals surface area contributed by atoms with E-state index in [9.17, 15) is 0 Å². The van der Waals surface area contributed by atoms with Gasteiger partial charge in [-0.15, -0.1) is 0 Å². The second kappa shape index (κ2) is 6.78. The smallest absolute Gasteiger partial charge is 0.0124 e. The topological polar surface area (TPSA) is 12.0 Å². The van der Waals surface area contributed by atoms with Crippen LogP contribution in [0.15, 0.2) is 0 Å². The summed E-state index contributed by atoms with van der Waals surface area (Å²) < 4.78 is 0. The van der Waals surface area contributed by atoms with Crippen LogP contribution < -0.4 is 5.32 Å². The van der Waals surface area contributed by atoms with Gasteiger partial charge in [0.25, 0.3) is 0 Å². The summed E-state index contributed by atoms with van der Waals surface area (Å²) in [4.78, 5) is 0. The molecule has 0 aromatic rings. The molecule has 0 aliphatic heterocycles. The summed E-state index contributed by atoms with van der Waals surface area (Å²) in [6.07, 6.45) is 13.2. The van der Waals surface area contributed by atoms with Crippen molar-refractivity contribution in [3.63, 3.8) is 0 Å². The van der Waals surface area contributed by atoms with E-state index in [4.69, 9.17) is 0 Å². The molecule has 17 heavy (non-hydrogen) atoms. The number of nitrogens with one attached hydrogen (secondary N) is 1. The van der Waals surface area contributed by atoms with Gasteiger partial charge >= 0.3 is 0 Å². The highest BCUT2D eigenvalue weighted by molar-refractivity contribution is 4.89. The van der Waals surface area contributed by atoms with Gasteiger partial charge in [0.05, 0.1) is 0 Å². The van der Waals surface area contributed by atoms with Gasteiger partial charge in [0.15, 0.2) is 0 Å². The Hall–Kier alpha value is -0.0400. The van der Waals surface area contributed by atoms with Gasteiger partial charge < -0.3 is 5.32 Å². The molecule has 2 aliphatic rings. The predicted molar refractivity (Wildman–Crippen MR) is 75.2 cm³/mol. The molecule has 2 rings (SSSR count). The molecule has 2 fully saturated rings. The summed E-state index contributed by atoms with van der Waals surface area (Å²) in [6.45, 7) is 5.96. The van der Waals surface area contributed by atoms with Crippen LogP contribution in [0, 0.1) is 17.8 Å². The van der Waals surface area contributed by atoms with Gasteiger partial charge in [-0.3, -0.25) is 0 Å². The van der Waals surface area contributed by atoms with Gasteiger partial charge in [0, 0.05) is 6.04 Å². The molecule has 3 unspecified atom stereocenters. The van der Waals surface area contributed by atoms with E-state index >= 15 is 0 Å². The minimum absolute atomic E-state index is 0.847. The van der Waals surface area contributed by atoms with Gasteiger partial charge in [-0.25, -0.2) is 0 Å². The van der Waals surface area contributed by atoms with E-state index in [1.165, 1.54) is 64.3 Å². The molecule has 0 radical (unpaired) electrons. The minimum atomic E-state index is 0.847. The first-order valence-corrected chi connectivity index (χ1v) is 8.04. The van der Waals surface area contributed by atoms with Crippen LogP contribution in [-0.4, -0.2) is 12.6 Å². The highest BCUT2D eigenvalue weighted by Crippen LogP contribution is 2.38. The quantitative estimate of drug-likeness (QED) is 0.748. The van der Waals surface area contributed by atoms with Crippen molar-refractivity contribution in [1.29, 1.82) is 0 Å². The molecule has 100 valence electrons. The van der Waals surface area contributed by atoms with E-state index in [2.05, 4.69) is 19.2 Å². The third kappa shape index (κ3) is 3.71. The average Bonchev–Trinajstić information content (AvgIpc) is 2.78. The summed E-state index contributed by atoms with van der Waals surface area (Å²) in [7, 11) is 0. The van der Waals surface area contributed by atoms with E-state index in [1.54, 1.807) is 0 Å². The second-order valence-electron chi connectivity index (χ2n) is 6.56. The molecule has 0 heterocycles. The Labute approximate surface area is 108 Å². The molecule has 1 heteroatoms. The highest BCUT2D eigenvalue weighted by atomic mass is 14.9. The Morgan fingerprint density at radius 3 is 2.35 bits per heavy atom. The fraction of sp³-hybridized carbons (Fsp3) is 1.00. The maximum absolute atomic E-state index is 3.90. The first-order valence-electron chi connectivity index (χ1n) is 8.04.